The monoisotopic (exact) mass is 210 g/mol. The fourth-order valence-electron chi connectivity index (χ4n) is 2.19. The van der Waals surface area contributed by atoms with Gasteiger partial charge in [0.2, 0.25) is 0 Å². The lowest BCUT2D eigenvalue weighted by molar-refractivity contribution is 0.368. The number of thiophene rings is 1. The molecule has 3 heteroatoms. The van der Waals surface area contributed by atoms with Crippen molar-refractivity contribution in [3.8, 4) is 0 Å². The minimum absolute atomic E-state index is 0.355. The molecule has 0 spiro atoms. The van der Waals surface area contributed by atoms with Crippen molar-refractivity contribution in [3.63, 3.8) is 0 Å². The Balaban J connectivity index is 2.05. The SMILES string of the molecule is CCC1CC(N)CN(c2ccsc2)C1. The van der Waals surface area contributed by atoms with E-state index >= 15 is 0 Å². The summed E-state index contributed by atoms with van der Waals surface area (Å²) in [4.78, 5) is 2.43. The van der Waals surface area contributed by atoms with Crippen molar-refractivity contribution < 1.29 is 0 Å². The van der Waals surface area contributed by atoms with E-state index in [0.29, 0.717) is 6.04 Å². The van der Waals surface area contributed by atoms with Crippen LogP contribution in [0.2, 0.25) is 0 Å². The van der Waals surface area contributed by atoms with Crippen LogP contribution in [0.5, 0.6) is 0 Å². The Hall–Kier alpha value is -0.540. The van der Waals surface area contributed by atoms with E-state index in [2.05, 4.69) is 28.7 Å². The maximum atomic E-state index is 6.06. The van der Waals surface area contributed by atoms with Gasteiger partial charge in [-0.05, 0) is 23.8 Å². The first-order chi connectivity index (χ1) is 6.79. The van der Waals surface area contributed by atoms with Gasteiger partial charge in [0.05, 0.1) is 0 Å². The normalized spacial score (nSPS) is 28.0. The van der Waals surface area contributed by atoms with Gasteiger partial charge in [0.15, 0.2) is 0 Å². The van der Waals surface area contributed by atoms with E-state index < -0.39 is 0 Å². The third kappa shape index (κ3) is 2.10. The molecule has 0 radical (unpaired) electrons. The van der Waals surface area contributed by atoms with E-state index in [-0.39, 0.29) is 0 Å². The van der Waals surface area contributed by atoms with Gasteiger partial charge in [-0.3, -0.25) is 0 Å². The molecule has 1 fully saturated rings. The summed E-state index contributed by atoms with van der Waals surface area (Å²) in [6, 6.07) is 2.55. The van der Waals surface area contributed by atoms with E-state index in [9.17, 15) is 0 Å². The predicted octanol–water partition coefficient (Wildman–Crippen LogP) is 2.31. The van der Waals surface area contributed by atoms with Crippen molar-refractivity contribution in [1.82, 2.24) is 0 Å². The van der Waals surface area contributed by atoms with Crippen molar-refractivity contribution in [1.29, 1.82) is 0 Å². The van der Waals surface area contributed by atoms with Crippen LogP contribution in [0.3, 0.4) is 0 Å². The van der Waals surface area contributed by atoms with Crippen molar-refractivity contribution in [3.05, 3.63) is 16.8 Å². The highest BCUT2D eigenvalue weighted by molar-refractivity contribution is 7.08. The Morgan fingerprint density at radius 3 is 3.07 bits per heavy atom. The van der Waals surface area contributed by atoms with Gasteiger partial charge in [0, 0.05) is 30.2 Å². The molecule has 2 atom stereocenters. The average molecular weight is 210 g/mol. The molecule has 2 unspecified atom stereocenters. The first-order valence-electron chi connectivity index (χ1n) is 5.32. The highest BCUT2D eigenvalue weighted by Crippen LogP contribution is 2.25. The Kier molecular flexibility index (Phi) is 3.08. The molecule has 2 N–H and O–H groups in total. The summed E-state index contributed by atoms with van der Waals surface area (Å²) in [6.07, 6.45) is 2.44. The molecular weight excluding hydrogens is 192 g/mol. The first kappa shape index (κ1) is 9.99. The molecule has 1 aromatic heterocycles. The number of nitrogens with two attached hydrogens (primary N) is 1. The van der Waals surface area contributed by atoms with E-state index in [1.54, 1.807) is 11.3 Å². The molecule has 1 aliphatic rings. The Labute approximate surface area is 89.7 Å². The lowest BCUT2D eigenvalue weighted by Gasteiger charge is -2.36. The Morgan fingerprint density at radius 2 is 2.43 bits per heavy atom. The molecule has 2 rings (SSSR count). The van der Waals surface area contributed by atoms with Crippen molar-refractivity contribution in [2.45, 2.75) is 25.8 Å². The quantitative estimate of drug-likeness (QED) is 0.811. The third-order valence-electron chi connectivity index (χ3n) is 3.02. The lowest BCUT2D eigenvalue weighted by atomic mass is 9.92. The number of hydrogen-bond donors (Lipinski definition) is 1. The second-order valence-electron chi connectivity index (χ2n) is 4.16. The number of anilines is 1. The summed E-state index contributed by atoms with van der Waals surface area (Å²) in [5.74, 6) is 0.777. The van der Waals surface area contributed by atoms with Crippen LogP contribution in [-0.2, 0) is 0 Å². The van der Waals surface area contributed by atoms with Gasteiger partial charge in [-0.15, -0.1) is 0 Å². The molecule has 1 saturated heterocycles. The molecule has 0 saturated carbocycles. The molecule has 2 heterocycles. The molecular formula is C11H18N2S. The first-order valence-corrected chi connectivity index (χ1v) is 6.26. The fourth-order valence-corrected chi connectivity index (χ4v) is 2.85. The highest BCUT2D eigenvalue weighted by atomic mass is 32.1. The van der Waals surface area contributed by atoms with Crippen LogP contribution >= 0.6 is 11.3 Å². The summed E-state index contributed by atoms with van der Waals surface area (Å²) < 4.78 is 0. The standard InChI is InChI=1S/C11H18N2S/c1-2-9-5-10(12)7-13(6-9)11-3-4-14-8-11/h3-4,8-10H,2,5-7,12H2,1H3. The molecule has 2 nitrogen and oxygen atoms in total. The molecule has 1 aliphatic heterocycles. The molecule has 0 bridgehead atoms. The smallest absolute Gasteiger partial charge is 0.0475 e. The van der Waals surface area contributed by atoms with Crippen LogP contribution in [0.15, 0.2) is 16.8 Å². The maximum absolute atomic E-state index is 6.06. The summed E-state index contributed by atoms with van der Waals surface area (Å²) in [7, 11) is 0. The van der Waals surface area contributed by atoms with Gasteiger partial charge < -0.3 is 10.6 Å². The van der Waals surface area contributed by atoms with Crippen molar-refractivity contribution in [2.75, 3.05) is 18.0 Å². The minimum atomic E-state index is 0.355. The Morgan fingerprint density at radius 1 is 1.57 bits per heavy atom. The maximum Gasteiger partial charge on any atom is 0.0475 e. The topological polar surface area (TPSA) is 29.3 Å². The van der Waals surface area contributed by atoms with Gasteiger partial charge in [-0.1, -0.05) is 13.3 Å². The van der Waals surface area contributed by atoms with Crippen LogP contribution in [-0.4, -0.2) is 19.1 Å². The minimum Gasteiger partial charge on any atom is -0.369 e. The fraction of sp³-hybridized carbons (Fsp3) is 0.636. The summed E-state index contributed by atoms with van der Waals surface area (Å²) in [5, 5.41) is 4.35. The molecule has 0 aromatic carbocycles. The molecule has 78 valence electrons. The lowest BCUT2D eigenvalue weighted by Crippen LogP contribution is -2.46. The van der Waals surface area contributed by atoms with Gasteiger partial charge in [-0.2, -0.15) is 11.3 Å². The zero-order valence-corrected chi connectivity index (χ0v) is 9.46. The zero-order valence-electron chi connectivity index (χ0n) is 8.65. The number of nitrogens with zero attached hydrogens (tertiary/aromatic N) is 1. The molecule has 0 amide bonds. The number of piperidine rings is 1. The van der Waals surface area contributed by atoms with E-state index in [1.807, 2.05) is 0 Å². The second kappa shape index (κ2) is 4.32. The summed E-state index contributed by atoms with van der Waals surface area (Å²) >= 11 is 1.76. The number of rotatable bonds is 2. The van der Waals surface area contributed by atoms with Crippen LogP contribution in [0, 0.1) is 5.92 Å². The molecule has 14 heavy (non-hydrogen) atoms. The van der Waals surface area contributed by atoms with Crippen molar-refractivity contribution >= 4 is 17.0 Å². The van der Waals surface area contributed by atoms with Crippen LogP contribution in [0.1, 0.15) is 19.8 Å². The van der Waals surface area contributed by atoms with Crippen LogP contribution in [0.25, 0.3) is 0 Å². The summed E-state index contributed by atoms with van der Waals surface area (Å²) in [5.41, 5.74) is 7.41. The van der Waals surface area contributed by atoms with Gasteiger partial charge in [-0.25, -0.2) is 0 Å². The van der Waals surface area contributed by atoms with Gasteiger partial charge in [0.1, 0.15) is 0 Å². The zero-order chi connectivity index (χ0) is 9.97. The van der Waals surface area contributed by atoms with Gasteiger partial charge in [0.25, 0.3) is 0 Å². The Bertz CT molecular complexity index is 271. The van der Waals surface area contributed by atoms with Gasteiger partial charge >= 0.3 is 0 Å². The molecule has 0 aliphatic carbocycles. The highest BCUT2D eigenvalue weighted by Gasteiger charge is 2.23. The molecule has 1 aromatic rings. The van der Waals surface area contributed by atoms with E-state index in [1.165, 1.54) is 25.1 Å². The average Bonchev–Trinajstić information content (AvgIpc) is 2.69. The second-order valence-corrected chi connectivity index (χ2v) is 4.94. The van der Waals surface area contributed by atoms with Crippen LogP contribution in [0.4, 0.5) is 5.69 Å². The summed E-state index contributed by atoms with van der Waals surface area (Å²) in [6.45, 7) is 4.46. The van der Waals surface area contributed by atoms with Crippen LogP contribution < -0.4 is 10.6 Å². The predicted molar refractivity (Wildman–Crippen MR) is 62.9 cm³/mol. The van der Waals surface area contributed by atoms with E-state index in [0.717, 1.165) is 12.5 Å². The van der Waals surface area contributed by atoms with Crippen molar-refractivity contribution in [2.24, 2.45) is 11.7 Å². The van der Waals surface area contributed by atoms with E-state index in [4.69, 9.17) is 5.73 Å². The third-order valence-corrected chi connectivity index (χ3v) is 3.69. The number of hydrogen-bond acceptors (Lipinski definition) is 3. The largest absolute Gasteiger partial charge is 0.369 e.